The van der Waals surface area contributed by atoms with Crippen molar-refractivity contribution in [1.82, 2.24) is 0 Å². The molecule has 1 nitrogen and oxygen atoms in total. The summed E-state index contributed by atoms with van der Waals surface area (Å²) in [5.41, 5.74) is 4.78. The van der Waals surface area contributed by atoms with Crippen molar-refractivity contribution in [2.24, 2.45) is 0 Å². The van der Waals surface area contributed by atoms with Crippen LogP contribution in [0.25, 0.3) is 110 Å². The van der Waals surface area contributed by atoms with Crippen LogP contribution >= 0.6 is 0 Å². The molecule has 0 spiro atoms. The molecule has 10 aromatic carbocycles. The zero-order valence-corrected chi connectivity index (χ0v) is 27.9. The number of fused-ring (bicyclic) bond motifs is 7. The first-order chi connectivity index (χ1) is 31.7. The molecule has 11 rings (SSSR count). The molecule has 0 saturated carbocycles. The van der Waals surface area contributed by atoms with Crippen LogP contribution in [0.5, 0.6) is 0 Å². The number of hydrogen-bond donors (Lipinski definition) is 0. The molecule has 0 fully saturated rings. The van der Waals surface area contributed by atoms with Gasteiger partial charge in [-0.25, -0.2) is 0 Å². The molecule has 246 valence electrons. The van der Waals surface area contributed by atoms with E-state index in [9.17, 15) is 5.48 Å². The van der Waals surface area contributed by atoms with Crippen molar-refractivity contribution in [3.63, 3.8) is 0 Å². The largest absolute Gasteiger partial charge is 0.456 e. The zero-order chi connectivity index (χ0) is 46.2. The summed E-state index contributed by atoms with van der Waals surface area (Å²) in [6.45, 7) is 0. The Morgan fingerprint density at radius 3 is 1.70 bits per heavy atom. The maximum Gasteiger partial charge on any atom is 0.136 e. The Balaban J connectivity index is 1.21. The molecular weight excluding hydrogens is 641 g/mol. The van der Waals surface area contributed by atoms with E-state index >= 15 is 0 Å². The van der Waals surface area contributed by atoms with Gasteiger partial charge in [0.05, 0.1) is 17.8 Å². The van der Waals surface area contributed by atoms with Crippen molar-refractivity contribution in [3.8, 4) is 44.5 Å². The van der Waals surface area contributed by atoms with Gasteiger partial charge in [-0.15, -0.1) is 0 Å². The lowest BCUT2D eigenvalue weighted by Crippen LogP contribution is -1.92. The van der Waals surface area contributed by atoms with E-state index in [1.54, 1.807) is 6.07 Å². The maximum atomic E-state index is 9.42. The molecule has 0 radical (unpaired) electrons. The second-order valence-electron chi connectivity index (χ2n) is 13.0. The van der Waals surface area contributed by atoms with Gasteiger partial charge < -0.3 is 4.42 Å². The molecule has 1 aromatic heterocycles. The third-order valence-electron chi connectivity index (χ3n) is 10.2. The number of furan rings is 1. The van der Waals surface area contributed by atoms with Gasteiger partial charge in [0.2, 0.25) is 0 Å². The second-order valence-corrected chi connectivity index (χ2v) is 13.0. The van der Waals surface area contributed by atoms with Crippen molar-refractivity contribution >= 4 is 65.0 Å². The van der Waals surface area contributed by atoms with Crippen LogP contribution in [0.1, 0.15) is 17.8 Å². The first-order valence-electron chi connectivity index (χ1n) is 23.7. The molecule has 0 N–H and O–H groups in total. The van der Waals surface area contributed by atoms with E-state index in [0.717, 1.165) is 54.8 Å². The average molecular weight is 686 g/mol. The lowest BCUT2D eigenvalue weighted by molar-refractivity contribution is 0.669. The third-order valence-corrected chi connectivity index (χ3v) is 10.2. The van der Waals surface area contributed by atoms with Gasteiger partial charge in [-0.3, -0.25) is 0 Å². The van der Waals surface area contributed by atoms with Crippen LogP contribution in [0.3, 0.4) is 0 Å². The van der Waals surface area contributed by atoms with Crippen molar-refractivity contribution in [1.29, 1.82) is 0 Å². The van der Waals surface area contributed by atoms with E-state index in [2.05, 4.69) is 36.4 Å². The maximum absolute atomic E-state index is 9.42. The summed E-state index contributed by atoms with van der Waals surface area (Å²) in [5, 5.41) is 4.73. The lowest BCUT2D eigenvalue weighted by Gasteiger charge is -2.19. The van der Waals surface area contributed by atoms with Crippen LogP contribution in [-0.2, 0) is 0 Å². The van der Waals surface area contributed by atoms with E-state index in [4.69, 9.17) is 16.8 Å². The first-order valence-corrected chi connectivity index (χ1v) is 17.2. The smallest absolute Gasteiger partial charge is 0.136 e. The van der Waals surface area contributed by atoms with E-state index in [0.29, 0.717) is 16.5 Å². The summed E-state index contributed by atoms with van der Waals surface area (Å²) in [6, 6.07) is 29.3. The molecule has 0 aliphatic heterocycles. The average Bonchev–Trinajstić information content (AvgIpc) is 3.72. The Kier molecular flexibility index (Phi) is 4.36. The number of rotatable bonds is 4. The molecule has 53 heavy (non-hydrogen) atoms. The fraction of sp³-hybridized carbons (Fsp3) is 0. The summed E-state index contributed by atoms with van der Waals surface area (Å²) in [5.74, 6) is 0. The zero-order valence-electron chi connectivity index (χ0n) is 40.9. The van der Waals surface area contributed by atoms with Crippen LogP contribution in [0.15, 0.2) is 198 Å². The van der Waals surface area contributed by atoms with Crippen LogP contribution in [0, 0.1) is 0 Å². The topological polar surface area (TPSA) is 13.1 Å². The van der Waals surface area contributed by atoms with E-state index in [-0.39, 0.29) is 32.7 Å². The SMILES string of the molecule is [2H]c1c([2H])c([2H])c(-c2c3c([2H])c([2H])c([2H])c([2H])c3c(-c3ccc(-c4ccc5c(c4)oc4cccc(-c6ccc7ccccc7c6)c45)c4ccccc34)c3c([2H])c([2H])c([2H])c([2H])c23)c([2H])c1[2H]. The highest BCUT2D eigenvalue weighted by Crippen LogP contribution is 2.47. The highest BCUT2D eigenvalue weighted by molar-refractivity contribution is 6.24. The Morgan fingerprint density at radius 1 is 0.340 bits per heavy atom. The van der Waals surface area contributed by atoms with Crippen molar-refractivity contribution in [2.75, 3.05) is 0 Å². The highest BCUT2D eigenvalue weighted by Gasteiger charge is 2.20. The van der Waals surface area contributed by atoms with E-state index < -0.39 is 84.1 Å². The fourth-order valence-electron chi connectivity index (χ4n) is 7.88. The summed E-state index contributed by atoms with van der Waals surface area (Å²) < 4.78 is 123. The first kappa shape index (κ1) is 19.6. The Labute approximate surface area is 325 Å². The van der Waals surface area contributed by atoms with Gasteiger partial charge in [0.1, 0.15) is 11.2 Å². The molecule has 0 bridgehead atoms. The van der Waals surface area contributed by atoms with Gasteiger partial charge in [-0.1, -0.05) is 170 Å². The Morgan fingerprint density at radius 2 is 0.943 bits per heavy atom. The van der Waals surface area contributed by atoms with Gasteiger partial charge in [0, 0.05) is 10.8 Å². The molecule has 0 atom stereocenters. The fourth-order valence-corrected chi connectivity index (χ4v) is 7.88. The second kappa shape index (κ2) is 11.8. The van der Waals surface area contributed by atoms with E-state index in [1.807, 2.05) is 72.8 Å². The molecular formula is C52H32O. The normalized spacial score (nSPS) is 15.2. The van der Waals surface area contributed by atoms with Crippen molar-refractivity contribution < 1.29 is 22.2 Å². The van der Waals surface area contributed by atoms with Crippen LogP contribution < -0.4 is 0 Å². The standard InChI is InChI=1S/C52H32O/c1-2-14-34(15-3-1)50-42-19-8-10-21-44(42)51(45-22-11-9-20-43(45)50)46-30-29-38(40-17-6-7-18-41(40)46)37-27-28-47-49(32-37)53-48-24-12-23-39(52(47)48)36-26-25-33-13-4-5-16-35(33)31-36/h1-32H/i1D,2D,3D,8D,9D,10D,11D,14D,15D,19D,20D,21D,22D. The summed E-state index contributed by atoms with van der Waals surface area (Å²) >= 11 is 0. The highest BCUT2D eigenvalue weighted by atomic mass is 16.3. The monoisotopic (exact) mass is 685 g/mol. The van der Waals surface area contributed by atoms with E-state index in [1.165, 1.54) is 0 Å². The molecule has 0 unspecified atom stereocenters. The third kappa shape index (κ3) is 4.64. The lowest BCUT2D eigenvalue weighted by atomic mass is 9.84. The minimum Gasteiger partial charge on any atom is -0.456 e. The molecule has 0 aliphatic rings. The Bertz CT molecular complexity index is 3880. The molecule has 1 heteroatoms. The van der Waals surface area contributed by atoms with Crippen molar-refractivity contribution in [2.45, 2.75) is 0 Å². The van der Waals surface area contributed by atoms with Crippen LogP contribution in [-0.4, -0.2) is 0 Å². The predicted molar refractivity (Wildman–Crippen MR) is 225 cm³/mol. The quantitative estimate of drug-likeness (QED) is 0.168. The number of hydrogen-bond acceptors (Lipinski definition) is 1. The molecule has 0 aliphatic carbocycles. The summed E-state index contributed by atoms with van der Waals surface area (Å²) in [7, 11) is 0. The molecule has 1 heterocycles. The number of benzene rings is 10. The van der Waals surface area contributed by atoms with Crippen molar-refractivity contribution in [3.05, 3.63) is 194 Å². The predicted octanol–water partition coefficient (Wildman–Crippen LogP) is 14.9. The van der Waals surface area contributed by atoms with Gasteiger partial charge >= 0.3 is 0 Å². The molecule has 11 aromatic rings. The summed E-state index contributed by atoms with van der Waals surface area (Å²) in [6.07, 6.45) is 0. The van der Waals surface area contributed by atoms with Gasteiger partial charge in [0.15, 0.2) is 0 Å². The van der Waals surface area contributed by atoms with Gasteiger partial charge in [-0.2, -0.15) is 0 Å². The molecule has 0 saturated heterocycles. The minimum absolute atomic E-state index is 0.0758. The van der Waals surface area contributed by atoms with Crippen LogP contribution in [0.2, 0.25) is 0 Å². The van der Waals surface area contributed by atoms with Gasteiger partial charge in [-0.05, 0) is 112 Å². The molecule has 0 amide bonds. The van der Waals surface area contributed by atoms with Gasteiger partial charge in [0.25, 0.3) is 0 Å². The Hall–Kier alpha value is -6.96. The summed E-state index contributed by atoms with van der Waals surface area (Å²) in [4.78, 5) is 0. The van der Waals surface area contributed by atoms with Crippen LogP contribution in [0.4, 0.5) is 0 Å². The minimum atomic E-state index is -0.717.